The van der Waals surface area contributed by atoms with Gasteiger partial charge in [0, 0.05) is 32.1 Å². The van der Waals surface area contributed by atoms with Crippen molar-refractivity contribution in [3.63, 3.8) is 0 Å². The molecule has 8 heteroatoms. The van der Waals surface area contributed by atoms with Crippen LogP contribution in [0.1, 0.15) is 30.6 Å². The molecule has 0 spiro atoms. The highest BCUT2D eigenvalue weighted by Crippen LogP contribution is 2.17. The van der Waals surface area contributed by atoms with Crippen molar-refractivity contribution in [1.29, 1.82) is 0 Å². The zero-order chi connectivity index (χ0) is 16.8. The Morgan fingerprint density at radius 1 is 1.24 bits per heavy atom. The number of hydrogen-bond acceptors (Lipinski definition) is 4. The molecule has 1 aromatic heterocycles. The Hall–Kier alpha value is -1.84. The fraction of sp³-hybridized carbons (Fsp3) is 0.471. The van der Waals surface area contributed by atoms with Crippen molar-refractivity contribution in [2.75, 3.05) is 13.7 Å². The van der Waals surface area contributed by atoms with Crippen molar-refractivity contribution in [2.45, 2.75) is 39.4 Å². The molecule has 0 saturated heterocycles. The lowest BCUT2D eigenvalue weighted by Crippen LogP contribution is -2.37. The molecule has 0 unspecified atom stereocenters. The SMILES string of the molecule is CCOc1ccccc1CNC(=NC)NCc1nnc2n1CCC2.I. The van der Waals surface area contributed by atoms with E-state index >= 15 is 0 Å². The molecule has 0 atom stereocenters. The van der Waals surface area contributed by atoms with E-state index < -0.39 is 0 Å². The number of aryl methyl sites for hydroxylation is 1. The van der Waals surface area contributed by atoms with Crippen LogP contribution in [-0.2, 0) is 26.1 Å². The molecule has 25 heavy (non-hydrogen) atoms. The van der Waals surface area contributed by atoms with Crippen LogP contribution in [0.4, 0.5) is 0 Å². The van der Waals surface area contributed by atoms with E-state index in [4.69, 9.17) is 4.74 Å². The van der Waals surface area contributed by atoms with E-state index in [1.807, 2.05) is 25.1 Å². The zero-order valence-electron chi connectivity index (χ0n) is 14.7. The lowest BCUT2D eigenvalue weighted by atomic mass is 10.2. The van der Waals surface area contributed by atoms with E-state index in [0.29, 0.717) is 19.7 Å². The third-order valence-electron chi connectivity index (χ3n) is 4.04. The van der Waals surface area contributed by atoms with Crippen LogP contribution in [0.2, 0.25) is 0 Å². The third kappa shape index (κ3) is 4.83. The average Bonchev–Trinajstić information content (AvgIpc) is 3.21. The molecule has 0 saturated carbocycles. The van der Waals surface area contributed by atoms with E-state index in [2.05, 4.69) is 36.5 Å². The van der Waals surface area contributed by atoms with Crippen molar-refractivity contribution >= 4 is 29.9 Å². The maximum atomic E-state index is 5.65. The number of nitrogens with one attached hydrogen (secondary N) is 2. The molecule has 1 aliphatic rings. The lowest BCUT2D eigenvalue weighted by Gasteiger charge is -2.14. The predicted molar refractivity (Wildman–Crippen MR) is 108 cm³/mol. The Morgan fingerprint density at radius 2 is 2.04 bits per heavy atom. The minimum Gasteiger partial charge on any atom is -0.494 e. The smallest absolute Gasteiger partial charge is 0.191 e. The molecule has 2 N–H and O–H groups in total. The van der Waals surface area contributed by atoms with Gasteiger partial charge in [0.05, 0.1) is 13.2 Å². The second kappa shape index (κ2) is 9.59. The van der Waals surface area contributed by atoms with Gasteiger partial charge >= 0.3 is 0 Å². The van der Waals surface area contributed by atoms with Gasteiger partial charge in [0.2, 0.25) is 0 Å². The maximum absolute atomic E-state index is 5.65. The van der Waals surface area contributed by atoms with Crippen LogP contribution >= 0.6 is 24.0 Å². The Balaban J connectivity index is 0.00000225. The van der Waals surface area contributed by atoms with Crippen molar-refractivity contribution in [3.8, 4) is 5.75 Å². The predicted octanol–water partition coefficient (Wildman–Crippen LogP) is 2.11. The second-order valence-electron chi connectivity index (χ2n) is 5.61. The number of halogens is 1. The molecule has 0 aliphatic carbocycles. The summed E-state index contributed by atoms with van der Waals surface area (Å²) >= 11 is 0. The minimum absolute atomic E-state index is 0. The molecule has 0 bridgehead atoms. The van der Waals surface area contributed by atoms with Gasteiger partial charge in [-0.3, -0.25) is 4.99 Å². The van der Waals surface area contributed by atoms with Gasteiger partial charge in [-0.2, -0.15) is 0 Å². The van der Waals surface area contributed by atoms with Gasteiger partial charge in [-0.1, -0.05) is 18.2 Å². The summed E-state index contributed by atoms with van der Waals surface area (Å²) in [6, 6.07) is 8.02. The van der Waals surface area contributed by atoms with Crippen LogP contribution in [0.3, 0.4) is 0 Å². The van der Waals surface area contributed by atoms with Crippen molar-refractivity contribution in [1.82, 2.24) is 25.4 Å². The number of guanidine groups is 1. The number of fused-ring (bicyclic) bond motifs is 1. The highest BCUT2D eigenvalue weighted by Gasteiger charge is 2.17. The summed E-state index contributed by atoms with van der Waals surface area (Å²) in [7, 11) is 1.76. The fourth-order valence-electron chi connectivity index (χ4n) is 2.85. The van der Waals surface area contributed by atoms with Crippen molar-refractivity contribution in [3.05, 3.63) is 41.5 Å². The highest BCUT2D eigenvalue weighted by molar-refractivity contribution is 14.0. The monoisotopic (exact) mass is 456 g/mol. The molecular formula is C17H25IN6O. The first-order chi connectivity index (χ1) is 11.8. The zero-order valence-corrected chi connectivity index (χ0v) is 17.0. The van der Waals surface area contributed by atoms with Crippen molar-refractivity contribution in [2.24, 2.45) is 4.99 Å². The number of nitrogens with zero attached hydrogens (tertiary/aromatic N) is 4. The third-order valence-corrected chi connectivity index (χ3v) is 4.04. The Morgan fingerprint density at radius 3 is 2.84 bits per heavy atom. The molecule has 3 rings (SSSR count). The summed E-state index contributed by atoms with van der Waals surface area (Å²) in [4.78, 5) is 4.27. The van der Waals surface area contributed by atoms with Gasteiger partial charge in [0.25, 0.3) is 0 Å². The van der Waals surface area contributed by atoms with Gasteiger partial charge < -0.3 is 19.9 Å². The molecule has 2 heterocycles. The van der Waals surface area contributed by atoms with Crippen molar-refractivity contribution < 1.29 is 4.74 Å². The quantitative estimate of drug-likeness (QED) is 0.396. The van der Waals surface area contributed by atoms with E-state index in [0.717, 1.165) is 48.3 Å². The summed E-state index contributed by atoms with van der Waals surface area (Å²) < 4.78 is 7.84. The normalized spacial score (nSPS) is 13.1. The average molecular weight is 456 g/mol. The number of hydrogen-bond donors (Lipinski definition) is 2. The first-order valence-electron chi connectivity index (χ1n) is 8.38. The molecule has 136 valence electrons. The molecule has 0 fully saturated rings. The van der Waals surface area contributed by atoms with E-state index in [1.165, 1.54) is 0 Å². The van der Waals surface area contributed by atoms with Gasteiger partial charge in [-0.15, -0.1) is 34.2 Å². The van der Waals surface area contributed by atoms with Crippen LogP contribution in [0.25, 0.3) is 0 Å². The number of ether oxygens (including phenoxy) is 1. The van der Waals surface area contributed by atoms with Gasteiger partial charge in [-0.25, -0.2) is 0 Å². The Kier molecular flexibility index (Phi) is 7.48. The first kappa shape index (κ1) is 19.5. The molecule has 1 aliphatic heterocycles. The second-order valence-corrected chi connectivity index (χ2v) is 5.61. The summed E-state index contributed by atoms with van der Waals surface area (Å²) in [5.74, 6) is 3.68. The first-order valence-corrected chi connectivity index (χ1v) is 8.38. The molecule has 7 nitrogen and oxygen atoms in total. The fourth-order valence-corrected chi connectivity index (χ4v) is 2.85. The number of aliphatic imine (C=N–C) groups is 1. The van der Waals surface area contributed by atoms with Crippen LogP contribution in [0, 0.1) is 0 Å². The topological polar surface area (TPSA) is 76.4 Å². The van der Waals surface area contributed by atoms with E-state index in [1.54, 1.807) is 7.05 Å². The van der Waals surface area contributed by atoms with Crippen LogP contribution < -0.4 is 15.4 Å². The lowest BCUT2D eigenvalue weighted by molar-refractivity contribution is 0.336. The summed E-state index contributed by atoms with van der Waals surface area (Å²) in [6.07, 6.45) is 2.17. The standard InChI is InChI=1S/C17H24N6O.HI/c1-3-24-14-8-5-4-7-13(14)11-19-17(18-2)20-12-16-22-21-15-9-6-10-23(15)16;/h4-5,7-8H,3,6,9-12H2,1-2H3,(H2,18,19,20);1H. The summed E-state index contributed by atoms with van der Waals surface area (Å²) in [5, 5.41) is 15.1. The molecule has 2 aromatic rings. The maximum Gasteiger partial charge on any atom is 0.191 e. The van der Waals surface area contributed by atoms with Gasteiger partial charge in [0.1, 0.15) is 11.6 Å². The molecule has 0 amide bonds. The Labute approximate surface area is 165 Å². The highest BCUT2D eigenvalue weighted by atomic mass is 127. The molecule has 1 aromatic carbocycles. The number of aromatic nitrogens is 3. The largest absolute Gasteiger partial charge is 0.494 e. The van der Waals surface area contributed by atoms with Crippen LogP contribution in [-0.4, -0.2) is 34.4 Å². The van der Waals surface area contributed by atoms with E-state index in [-0.39, 0.29) is 24.0 Å². The van der Waals surface area contributed by atoms with Gasteiger partial charge in [0.15, 0.2) is 11.8 Å². The van der Waals surface area contributed by atoms with E-state index in [9.17, 15) is 0 Å². The Bertz CT molecular complexity index is 715. The van der Waals surface area contributed by atoms with Crippen LogP contribution in [0.15, 0.2) is 29.3 Å². The minimum atomic E-state index is 0. The number of rotatable bonds is 6. The number of benzene rings is 1. The molecular weight excluding hydrogens is 431 g/mol. The summed E-state index contributed by atoms with van der Waals surface area (Å²) in [6.45, 7) is 4.91. The molecule has 0 radical (unpaired) electrons. The number of para-hydroxylation sites is 1. The van der Waals surface area contributed by atoms with Crippen LogP contribution in [0.5, 0.6) is 5.75 Å². The van der Waals surface area contributed by atoms with Gasteiger partial charge in [-0.05, 0) is 19.4 Å². The summed E-state index contributed by atoms with van der Waals surface area (Å²) in [5.41, 5.74) is 1.10.